The van der Waals surface area contributed by atoms with E-state index in [-0.39, 0.29) is 41.2 Å². The number of hydrogen-bond donors (Lipinski definition) is 1. The Balaban J connectivity index is 1.66. The van der Waals surface area contributed by atoms with Crippen LogP contribution in [0.4, 0.5) is 15.8 Å². The Hall–Kier alpha value is -2.56. The lowest BCUT2D eigenvalue weighted by molar-refractivity contribution is -0.384. The molecule has 1 aliphatic heterocycles. The van der Waals surface area contributed by atoms with Crippen LogP contribution in [0.2, 0.25) is 0 Å². The van der Waals surface area contributed by atoms with Crippen LogP contribution in [-0.2, 0) is 21.2 Å². The van der Waals surface area contributed by atoms with Crippen LogP contribution in [0, 0.1) is 15.9 Å². The summed E-state index contributed by atoms with van der Waals surface area (Å²) in [5.74, 6) is -0.357. The molecule has 8 nitrogen and oxygen atoms in total. The summed E-state index contributed by atoms with van der Waals surface area (Å²) >= 11 is 0. The summed E-state index contributed by atoms with van der Waals surface area (Å²) in [6, 6.07) is 8.19. The minimum absolute atomic E-state index is 0.128. The van der Waals surface area contributed by atoms with E-state index in [9.17, 15) is 22.9 Å². The van der Waals surface area contributed by atoms with Gasteiger partial charge in [0.15, 0.2) is 0 Å². The summed E-state index contributed by atoms with van der Waals surface area (Å²) in [6.45, 7) is 0.998. The van der Waals surface area contributed by atoms with Crippen LogP contribution in [0.25, 0.3) is 0 Å². The van der Waals surface area contributed by atoms with Crippen molar-refractivity contribution in [3.8, 4) is 0 Å². The lowest BCUT2D eigenvalue weighted by Gasteiger charge is -2.28. The summed E-state index contributed by atoms with van der Waals surface area (Å²) < 4.78 is 45.9. The average molecular weight is 435 g/mol. The van der Waals surface area contributed by atoms with Crippen molar-refractivity contribution in [2.24, 2.45) is 0 Å². The van der Waals surface area contributed by atoms with Crippen molar-refractivity contribution < 1.29 is 22.5 Å². The first-order valence-electron chi connectivity index (χ1n) is 9.77. The number of anilines is 1. The number of fused-ring (bicyclic) bond motifs is 1. The van der Waals surface area contributed by atoms with Crippen molar-refractivity contribution in [1.29, 1.82) is 0 Å². The molecule has 0 saturated carbocycles. The third-order valence-electron chi connectivity index (χ3n) is 5.53. The van der Waals surface area contributed by atoms with Crippen LogP contribution in [0.1, 0.15) is 30.0 Å². The van der Waals surface area contributed by atoms with Crippen molar-refractivity contribution in [3.05, 3.63) is 63.5 Å². The van der Waals surface area contributed by atoms with Crippen LogP contribution in [-0.4, -0.2) is 43.9 Å². The van der Waals surface area contributed by atoms with E-state index >= 15 is 0 Å². The van der Waals surface area contributed by atoms with E-state index in [0.29, 0.717) is 19.6 Å². The molecule has 1 fully saturated rings. The monoisotopic (exact) mass is 435 g/mol. The van der Waals surface area contributed by atoms with Gasteiger partial charge in [0, 0.05) is 19.2 Å². The molecule has 4 rings (SSSR count). The van der Waals surface area contributed by atoms with Crippen molar-refractivity contribution in [2.45, 2.75) is 30.2 Å². The Morgan fingerprint density at radius 3 is 2.67 bits per heavy atom. The summed E-state index contributed by atoms with van der Waals surface area (Å²) in [5.41, 5.74) is 1.67. The smallest absolute Gasteiger partial charge is 0.293 e. The summed E-state index contributed by atoms with van der Waals surface area (Å²) in [5, 5.41) is 14.8. The van der Waals surface area contributed by atoms with Gasteiger partial charge in [0.1, 0.15) is 11.5 Å². The molecular formula is C20H22FN3O5S. The molecule has 1 unspecified atom stereocenters. The van der Waals surface area contributed by atoms with Gasteiger partial charge in [0.25, 0.3) is 5.69 Å². The van der Waals surface area contributed by atoms with Crippen LogP contribution < -0.4 is 5.32 Å². The van der Waals surface area contributed by atoms with Crippen molar-refractivity contribution in [3.63, 3.8) is 0 Å². The van der Waals surface area contributed by atoms with Crippen LogP contribution in [0.15, 0.2) is 41.3 Å². The zero-order valence-corrected chi connectivity index (χ0v) is 17.0. The number of hydrogen-bond acceptors (Lipinski definition) is 6. The number of sulfonamides is 1. The number of nitro benzene ring substituents is 1. The molecule has 0 radical (unpaired) electrons. The number of aryl methyl sites for hydroxylation is 1. The fraction of sp³-hybridized carbons (Fsp3) is 0.400. The highest BCUT2D eigenvalue weighted by molar-refractivity contribution is 7.89. The fourth-order valence-electron chi connectivity index (χ4n) is 3.99. The molecule has 1 saturated heterocycles. The molecule has 10 heteroatoms. The number of nitrogens with one attached hydrogen (secondary N) is 1. The third kappa shape index (κ3) is 4.03. The summed E-state index contributed by atoms with van der Waals surface area (Å²) in [6.07, 6.45) is 2.39. The van der Waals surface area contributed by atoms with Gasteiger partial charge in [-0.25, -0.2) is 12.8 Å². The highest BCUT2D eigenvalue weighted by Crippen LogP contribution is 2.37. The lowest BCUT2D eigenvalue weighted by atomic mass is 9.87. The predicted molar refractivity (Wildman–Crippen MR) is 108 cm³/mol. The maximum atomic E-state index is 13.8. The van der Waals surface area contributed by atoms with Crippen molar-refractivity contribution in [2.75, 3.05) is 31.6 Å². The number of nitro groups is 1. The molecule has 0 spiro atoms. The second-order valence-corrected chi connectivity index (χ2v) is 9.32. The highest BCUT2D eigenvalue weighted by atomic mass is 32.2. The molecule has 160 valence electrons. The van der Waals surface area contributed by atoms with Gasteiger partial charge in [0.2, 0.25) is 10.0 Å². The minimum atomic E-state index is -3.85. The predicted octanol–water partition coefficient (Wildman–Crippen LogP) is 3.24. The molecule has 2 aromatic carbocycles. The number of ether oxygens (including phenoxy) is 1. The lowest BCUT2D eigenvalue weighted by Crippen LogP contribution is -2.40. The van der Waals surface area contributed by atoms with E-state index in [4.69, 9.17) is 4.74 Å². The van der Waals surface area contributed by atoms with Crippen LogP contribution >= 0.6 is 0 Å². The summed E-state index contributed by atoms with van der Waals surface area (Å²) in [7, 11) is -3.85. The number of rotatable bonds is 5. The maximum Gasteiger partial charge on any atom is 0.293 e. The largest absolute Gasteiger partial charge is 0.379 e. The standard InChI is InChI=1S/C20H22FN3O5S/c21-15-5-4-14-2-1-3-18(17(14)12-15)22-19-7-6-16(13-20(19)24(25)26)30(27,28)23-8-10-29-11-9-23/h4-7,12-13,18,22H,1-3,8-11H2. The zero-order valence-electron chi connectivity index (χ0n) is 16.2. The number of morpholine rings is 1. The Labute approximate surface area is 173 Å². The van der Waals surface area contributed by atoms with E-state index in [1.807, 2.05) is 0 Å². The molecule has 0 bridgehead atoms. The molecule has 0 amide bonds. The fourth-order valence-corrected chi connectivity index (χ4v) is 5.42. The Kier molecular flexibility index (Phi) is 5.72. The second-order valence-electron chi connectivity index (χ2n) is 7.38. The van der Waals surface area contributed by atoms with E-state index in [1.54, 1.807) is 6.07 Å². The first-order chi connectivity index (χ1) is 14.4. The molecule has 1 heterocycles. The van der Waals surface area contributed by atoms with Crippen molar-refractivity contribution in [1.82, 2.24) is 4.31 Å². The Morgan fingerprint density at radius 2 is 1.93 bits per heavy atom. The van der Waals surface area contributed by atoms with Gasteiger partial charge in [0.05, 0.1) is 29.1 Å². The summed E-state index contributed by atoms with van der Waals surface area (Å²) in [4.78, 5) is 11.0. The molecule has 2 aromatic rings. The van der Waals surface area contributed by atoms with Gasteiger partial charge in [-0.15, -0.1) is 0 Å². The Morgan fingerprint density at radius 1 is 1.17 bits per heavy atom. The quantitative estimate of drug-likeness (QED) is 0.571. The highest BCUT2D eigenvalue weighted by Gasteiger charge is 2.30. The zero-order chi connectivity index (χ0) is 21.3. The molecule has 1 aliphatic carbocycles. The third-order valence-corrected chi connectivity index (χ3v) is 7.42. The van der Waals surface area contributed by atoms with E-state index in [0.717, 1.165) is 30.0 Å². The maximum absolute atomic E-state index is 13.8. The molecule has 1 N–H and O–H groups in total. The van der Waals surface area contributed by atoms with E-state index in [1.165, 1.54) is 28.6 Å². The van der Waals surface area contributed by atoms with Crippen LogP contribution in [0.5, 0.6) is 0 Å². The molecule has 30 heavy (non-hydrogen) atoms. The van der Waals surface area contributed by atoms with Gasteiger partial charge < -0.3 is 10.1 Å². The first-order valence-corrected chi connectivity index (χ1v) is 11.2. The van der Waals surface area contributed by atoms with E-state index in [2.05, 4.69) is 5.32 Å². The topological polar surface area (TPSA) is 102 Å². The second kappa shape index (κ2) is 8.29. The molecular weight excluding hydrogens is 413 g/mol. The van der Waals surface area contributed by atoms with E-state index < -0.39 is 14.9 Å². The minimum Gasteiger partial charge on any atom is -0.379 e. The van der Waals surface area contributed by atoms with Gasteiger partial charge in [-0.2, -0.15) is 4.31 Å². The molecule has 2 aliphatic rings. The average Bonchev–Trinajstić information content (AvgIpc) is 2.75. The Bertz CT molecular complexity index is 1070. The molecule has 1 atom stereocenters. The van der Waals surface area contributed by atoms with Gasteiger partial charge in [-0.3, -0.25) is 10.1 Å². The number of benzene rings is 2. The number of halogens is 1. The van der Waals surface area contributed by atoms with Gasteiger partial charge >= 0.3 is 0 Å². The van der Waals surface area contributed by atoms with Gasteiger partial charge in [-0.05, 0) is 54.7 Å². The molecule has 0 aromatic heterocycles. The number of nitrogens with zero attached hydrogens (tertiary/aromatic N) is 2. The van der Waals surface area contributed by atoms with Gasteiger partial charge in [-0.1, -0.05) is 6.07 Å². The first kappa shape index (κ1) is 20.7. The van der Waals surface area contributed by atoms with Crippen molar-refractivity contribution >= 4 is 21.4 Å². The van der Waals surface area contributed by atoms with Crippen LogP contribution in [0.3, 0.4) is 0 Å². The normalized spacial score (nSPS) is 19.8. The SMILES string of the molecule is O=[N+]([O-])c1cc(S(=O)(=O)N2CCOCC2)ccc1NC1CCCc2ccc(F)cc21.